The molecule has 0 heterocycles. The number of rotatable bonds is 4. The van der Waals surface area contributed by atoms with E-state index in [1.165, 1.54) is 5.56 Å². The Morgan fingerprint density at radius 3 is 1.05 bits per heavy atom. The second-order valence-corrected chi connectivity index (χ2v) is 3.54. The van der Waals surface area contributed by atoms with Crippen molar-refractivity contribution < 1.29 is 26.2 Å². The Labute approximate surface area is 146 Å². The van der Waals surface area contributed by atoms with Gasteiger partial charge in [0.15, 0.2) is 0 Å². The smallest absolute Gasteiger partial charge is 0.665 e. The van der Waals surface area contributed by atoms with Crippen molar-refractivity contribution in [3.63, 3.8) is 0 Å². The Bertz CT molecular complexity index is 186. The number of hydrogen-bond acceptors (Lipinski definition) is 0. The Balaban J connectivity index is -0.0000000881. The molecule has 4 heteroatoms. The molecule has 0 saturated heterocycles. The molecule has 0 amide bonds. The summed E-state index contributed by atoms with van der Waals surface area (Å²) < 4.78 is 0. The van der Waals surface area contributed by atoms with Gasteiger partial charge in [-0.2, -0.15) is 58.5 Å². The van der Waals surface area contributed by atoms with Gasteiger partial charge in [0.05, 0.1) is 0 Å². The zero-order valence-electron chi connectivity index (χ0n) is 14.5. The van der Waals surface area contributed by atoms with Crippen LogP contribution in [-0.4, -0.2) is 40.8 Å². The monoisotopic (exact) mass is 357 g/mol. The standard InChI is InChI=1S/C7H9.3C3H8N.Zr/c1-2-7-5-3-4-6-7;3*1-3-4-2;/h3-6H,2H2,1H3;3*3H2,1-2H3;/q4*-1;+4. The fourth-order valence-electron chi connectivity index (χ4n) is 0.650. The van der Waals surface area contributed by atoms with Gasteiger partial charge in [-0.1, -0.05) is 34.1 Å². The molecule has 0 saturated carbocycles. The van der Waals surface area contributed by atoms with Gasteiger partial charge in [-0.25, -0.2) is 12.1 Å². The molecule has 1 rings (SSSR count). The van der Waals surface area contributed by atoms with Crippen LogP contribution in [0.4, 0.5) is 0 Å². The summed E-state index contributed by atoms with van der Waals surface area (Å²) in [4.78, 5) is 0. The van der Waals surface area contributed by atoms with E-state index >= 15 is 0 Å². The van der Waals surface area contributed by atoms with Gasteiger partial charge in [0.25, 0.3) is 0 Å². The van der Waals surface area contributed by atoms with Crippen LogP contribution in [0.25, 0.3) is 16.0 Å². The van der Waals surface area contributed by atoms with E-state index in [2.05, 4.69) is 47.1 Å². The minimum Gasteiger partial charge on any atom is -0.665 e. The summed E-state index contributed by atoms with van der Waals surface area (Å²) in [5.41, 5.74) is 1.43. The van der Waals surface area contributed by atoms with Crippen molar-refractivity contribution in [2.75, 3.05) is 40.8 Å². The van der Waals surface area contributed by atoms with Gasteiger partial charge in [-0.15, -0.1) is 0 Å². The second-order valence-electron chi connectivity index (χ2n) is 3.54. The molecule has 0 bridgehead atoms. The van der Waals surface area contributed by atoms with Crippen LogP contribution in [-0.2, 0) is 32.6 Å². The van der Waals surface area contributed by atoms with Crippen LogP contribution in [0.1, 0.15) is 33.3 Å². The van der Waals surface area contributed by atoms with Gasteiger partial charge in [0.2, 0.25) is 0 Å². The first-order chi connectivity index (χ1) is 9.17. The van der Waals surface area contributed by atoms with E-state index in [9.17, 15) is 0 Å². The summed E-state index contributed by atoms with van der Waals surface area (Å²) >= 11 is 0. The summed E-state index contributed by atoms with van der Waals surface area (Å²) in [5.74, 6) is 0. The Hall–Kier alpha value is 0.113. The fraction of sp³-hybridized carbons (Fsp3) is 0.688. The molecule has 3 nitrogen and oxygen atoms in total. The van der Waals surface area contributed by atoms with Gasteiger partial charge in [-0.3, -0.25) is 0 Å². The molecule has 0 spiro atoms. The third kappa shape index (κ3) is 36.2. The van der Waals surface area contributed by atoms with Crippen molar-refractivity contribution >= 4 is 0 Å². The molecule has 1 aromatic rings. The van der Waals surface area contributed by atoms with Crippen LogP contribution in [0.15, 0.2) is 24.3 Å². The molecule has 0 aliphatic heterocycles. The molecule has 0 atom stereocenters. The Morgan fingerprint density at radius 2 is 0.950 bits per heavy atom. The Kier molecular flexibility index (Phi) is 44.5. The van der Waals surface area contributed by atoms with Crippen molar-refractivity contribution in [2.24, 2.45) is 0 Å². The van der Waals surface area contributed by atoms with E-state index in [0.29, 0.717) is 0 Å². The molecule has 0 aliphatic rings. The van der Waals surface area contributed by atoms with Crippen LogP contribution in [0.3, 0.4) is 0 Å². The summed E-state index contributed by atoms with van der Waals surface area (Å²) in [6.07, 6.45) is 1.16. The zero-order chi connectivity index (χ0) is 15.4. The first-order valence-electron chi connectivity index (χ1n) is 7.05. The van der Waals surface area contributed by atoms with E-state index in [-0.39, 0.29) is 26.2 Å². The third-order valence-corrected chi connectivity index (χ3v) is 2.09. The van der Waals surface area contributed by atoms with Crippen molar-refractivity contribution in [3.8, 4) is 0 Å². The Morgan fingerprint density at radius 1 is 0.700 bits per heavy atom. The summed E-state index contributed by atoms with van der Waals surface area (Å²) in [6, 6.07) is 8.41. The molecular formula is C16H33N3Zr. The average Bonchev–Trinajstić information content (AvgIpc) is 3.01. The predicted octanol–water partition coefficient (Wildman–Crippen LogP) is 4.99. The minimum atomic E-state index is 0. The maximum absolute atomic E-state index is 3.74. The predicted molar refractivity (Wildman–Crippen MR) is 90.9 cm³/mol. The number of nitrogens with zero attached hydrogens (tertiary/aromatic N) is 3. The van der Waals surface area contributed by atoms with E-state index < -0.39 is 0 Å². The molecule has 0 unspecified atom stereocenters. The van der Waals surface area contributed by atoms with E-state index in [4.69, 9.17) is 0 Å². The van der Waals surface area contributed by atoms with Gasteiger partial charge in [-0.05, 0) is 0 Å². The molecule has 116 valence electrons. The quantitative estimate of drug-likeness (QED) is 0.680. The van der Waals surface area contributed by atoms with Gasteiger partial charge >= 0.3 is 26.2 Å². The second kappa shape index (κ2) is 31.5. The van der Waals surface area contributed by atoms with Gasteiger partial charge in [0, 0.05) is 0 Å². The van der Waals surface area contributed by atoms with E-state index in [0.717, 1.165) is 26.1 Å². The SMILES string of the molecule is CC[N-]C.CC[N-]C.CC[N-]C.CC[c-]1cccc1.[Zr+4]. The van der Waals surface area contributed by atoms with Crippen molar-refractivity contribution in [1.29, 1.82) is 0 Å². The third-order valence-electron chi connectivity index (χ3n) is 2.09. The molecular weight excluding hydrogens is 325 g/mol. The normalized spacial score (nSPS) is 7.75. The minimum absolute atomic E-state index is 0. The summed E-state index contributed by atoms with van der Waals surface area (Å²) in [6.45, 7) is 11.0. The molecule has 1 aromatic carbocycles. The maximum Gasteiger partial charge on any atom is 4.00 e. The van der Waals surface area contributed by atoms with Crippen molar-refractivity contribution in [2.45, 2.75) is 34.1 Å². The molecule has 20 heavy (non-hydrogen) atoms. The molecule has 0 radical (unpaired) electrons. The molecule has 0 N–H and O–H groups in total. The van der Waals surface area contributed by atoms with Crippen molar-refractivity contribution in [3.05, 3.63) is 45.8 Å². The maximum atomic E-state index is 3.74. The van der Waals surface area contributed by atoms with Gasteiger partial charge < -0.3 is 16.0 Å². The summed E-state index contributed by atoms with van der Waals surface area (Å²) in [5, 5.41) is 11.2. The largest absolute Gasteiger partial charge is 4.00 e. The fourth-order valence-corrected chi connectivity index (χ4v) is 0.650. The van der Waals surface area contributed by atoms with Crippen LogP contribution in [0, 0.1) is 0 Å². The molecule has 0 fully saturated rings. The topological polar surface area (TPSA) is 42.3 Å². The van der Waals surface area contributed by atoms with Crippen LogP contribution in [0.2, 0.25) is 0 Å². The van der Waals surface area contributed by atoms with Crippen LogP contribution >= 0.6 is 0 Å². The molecule has 0 aromatic heterocycles. The van der Waals surface area contributed by atoms with Crippen LogP contribution < -0.4 is 0 Å². The number of aryl methyl sites for hydroxylation is 1. The van der Waals surface area contributed by atoms with E-state index in [1.807, 2.05) is 20.8 Å². The summed E-state index contributed by atoms with van der Waals surface area (Å²) in [7, 11) is 5.42. The van der Waals surface area contributed by atoms with Crippen LogP contribution in [0.5, 0.6) is 0 Å². The number of hydrogen-bond donors (Lipinski definition) is 0. The zero-order valence-corrected chi connectivity index (χ0v) is 16.9. The van der Waals surface area contributed by atoms with E-state index in [1.54, 1.807) is 21.1 Å². The average molecular weight is 359 g/mol. The van der Waals surface area contributed by atoms with Crippen molar-refractivity contribution in [1.82, 2.24) is 0 Å². The van der Waals surface area contributed by atoms with Gasteiger partial charge in [0.1, 0.15) is 0 Å². The first kappa shape index (κ1) is 28.3. The molecule has 0 aliphatic carbocycles. The first-order valence-corrected chi connectivity index (χ1v) is 7.05.